The van der Waals surface area contributed by atoms with Crippen molar-refractivity contribution in [2.24, 2.45) is 0 Å². The summed E-state index contributed by atoms with van der Waals surface area (Å²) in [5, 5.41) is 2.78. The number of rotatable bonds is 6. The van der Waals surface area contributed by atoms with Crippen molar-refractivity contribution < 1.29 is 17.9 Å². The Balaban J connectivity index is 1.70. The molecule has 2 aromatic carbocycles. The van der Waals surface area contributed by atoms with Crippen molar-refractivity contribution in [2.45, 2.75) is 13.8 Å². The van der Waals surface area contributed by atoms with Gasteiger partial charge in [-0.2, -0.15) is 0 Å². The Kier molecular flexibility index (Phi) is 5.79. The largest absolute Gasteiger partial charge is 0.424 e. The molecule has 0 atom stereocenters. The van der Waals surface area contributed by atoms with Gasteiger partial charge in [0.15, 0.2) is 0 Å². The van der Waals surface area contributed by atoms with Crippen LogP contribution in [0.15, 0.2) is 54.6 Å². The van der Waals surface area contributed by atoms with Gasteiger partial charge in [-0.1, -0.05) is 6.07 Å². The van der Waals surface area contributed by atoms with Gasteiger partial charge in [-0.25, -0.2) is 18.4 Å². The highest BCUT2D eigenvalue weighted by molar-refractivity contribution is 7.92. The average Bonchev–Trinajstić information content (AvgIpc) is 2.60. The minimum absolute atomic E-state index is 0.236. The van der Waals surface area contributed by atoms with Crippen LogP contribution in [0.5, 0.6) is 11.8 Å². The number of anilines is 2. The third-order valence-electron chi connectivity index (χ3n) is 3.71. The molecule has 0 bridgehead atoms. The molecule has 0 saturated carbocycles. The van der Waals surface area contributed by atoms with Crippen LogP contribution < -0.4 is 14.8 Å². The molecule has 0 fully saturated rings. The lowest BCUT2D eigenvalue weighted by Gasteiger charge is -2.09. The molecule has 0 spiro atoms. The van der Waals surface area contributed by atoms with E-state index in [4.69, 9.17) is 4.74 Å². The Morgan fingerprint density at radius 2 is 1.59 bits per heavy atom. The number of ether oxygens (including phenoxy) is 1. The van der Waals surface area contributed by atoms with Crippen LogP contribution in [0.1, 0.15) is 21.7 Å². The molecule has 3 aromatic rings. The number of amides is 1. The number of hydrogen-bond donors (Lipinski definition) is 2. The van der Waals surface area contributed by atoms with Gasteiger partial charge < -0.3 is 10.1 Å². The van der Waals surface area contributed by atoms with E-state index in [0.717, 1.165) is 17.6 Å². The lowest BCUT2D eigenvalue weighted by atomic mass is 10.2. The van der Waals surface area contributed by atoms with E-state index in [9.17, 15) is 13.2 Å². The van der Waals surface area contributed by atoms with Gasteiger partial charge in [-0.15, -0.1) is 0 Å². The van der Waals surface area contributed by atoms with Gasteiger partial charge >= 0.3 is 6.01 Å². The zero-order chi connectivity index (χ0) is 21.0. The lowest BCUT2D eigenvalue weighted by Crippen LogP contribution is -2.13. The standard InChI is InChI=1S/C20H20N4O4S/c1-13-11-14(2)22-20(21-13)28-18-6-4-5-17(12-18)23-19(25)15-7-9-16(10-8-15)24-29(3,26)27/h4-12,24H,1-3H3,(H,23,25). The fraction of sp³-hybridized carbons (Fsp3) is 0.150. The summed E-state index contributed by atoms with van der Waals surface area (Å²) in [5.74, 6) is 0.149. The highest BCUT2D eigenvalue weighted by atomic mass is 32.2. The Morgan fingerprint density at radius 1 is 0.931 bits per heavy atom. The molecule has 1 amide bonds. The summed E-state index contributed by atoms with van der Waals surface area (Å²) in [5.41, 5.74) is 2.90. The van der Waals surface area contributed by atoms with Crippen molar-refractivity contribution in [3.8, 4) is 11.8 Å². The van der Waals surface area contributed by atoms with Gasteiger partial charge in [-0.05, 0) is 56.3 Å². The second kappa shape index (κ2) is 8.27. The van der Waals surface area contributed by atoms with Crippen LogP contribution in [0.4, 0.5) is 11.4 Å². The molecule has 0 radical (unpaired) electrons. The SMILES string of the molecule is Cc1cc(C)nc(Oc2cccc(NC(=O)c3ccc(NS(C)(=O)=O)cc3)c2)n1. The molecule has 3 rings (SSSR count). The Bertz CT molecular complexity index is 1130. The van der Waals surface area contributed by atoms with Crippen molar-refractivity contribution in [1.82, 2.24) is 9.97 Å². The number of nitrogens with one attached hydrogen (secondary N) is 2. The maximum absolute atomic E-state index is 12.5. The third-order valence-corrected chi connectivity index (χ3v) is 4.32. The summed E-state index contributed by atoms with van der Waals surface area (Å²) < 4.78 is 30.5. The molecule has 9 heteroatoms. The molecule has 2 N–H and O–H groups in total. The van der Waals surface area contributed by atoms with E-state index in [1.54, 1.807) is 24.3 Å². The fourth-order valence-corrected chi connectivity index (χ4v) is 3.15. The quantitative estimate of drug-likeness (QED) is 0.641. The first-order valence-corrected chi connectivity index (χ1v) is 10.6. The van der Waals surface area contributed by atoms with Gasteiger partial charge in [0.25, 0.3) is 5.91 Å². The molecule has 0 unspecified atom stereocenters. The number of benzene rings is 2. The number of aromatic nitrogens is 2. The Morgan fingerprint density at radius 3 is 2.21 bits per heavy atom. The topological polar surface area (TPSA) is 110 Å². The van der Waals surface area contributed by atoms with E-state index < -0.39 is 10.0 Å². The van der Waals surface area contributed by atoms with Gasteiger partial charge in [-0.3, -0.25) is 9.52 Å². The number of nitrogens with zero attached hydrogens (tertiary/aromatic N) is 2. The van der Waals surface area contributed by atoms with Gasteiger partial charge in [0.1, 0.15) is 5.75 Å². The predicted molar refractivity (Wildman–Crippen MR) is 111 cm³/mol. The van der Waals surface area contributed by atoms with Crippen LogP contribution >= 0.6 is 0 Å². The maximum Gasteiger partial charge on any atom is 0.322 e. The van der Waals surface area contributed by atoms with Crippen molar-refractivity contribution in [1.29, 1.82) is 0 Å². The number of carbonyl (C=O) groups excluding carboxylic acids is 1. The summed E-state index contributed by atoms with van der Waals surface area (Å²) >= 11 is 0. The molecule has 150 valence electrons. The zero-order valence-electron chi connectivity index (χ0n) is 16.1. The molecule has 0 aliphatic heterocycles. The van der Waals surface area contributed by atoms with Crippen LogP contribution in [0.3, 0.4) is 0 Å². The number of aryl methyl sites for hydroxylation is 2. The Hall–Kier alpha value is -3.46. The third kappa shape index (κ3) is 6.01. The minimum atomic E-state index is -3.37. The fourth-order valence-electron chi connectivity index (χ4n) is 2.59. The van der Waals surface area contributed by atoms with Crippen LogP contribution in [-0.4, -0.2) is 30.5 Å². The smallest absolute Gasteiger partial charge is 0.322 e. The molecule has 29 heavy (non-hydrogen) atoms. The summed E-state index contributed by atoms with van der Waals surface area (Å²) in [4.78, 5) is 20.9. The number of sulfonamides is 1. The van der Waals surface area contributed by atoms with Crippen LogP contribution in [-0.2, 0) is 10.0 Å². The lowest BCUT2D eigenvalue weighted by molar-refractivity contribution is 0.102. The van der Waals surface area contributed by atoms with Crippen molar-refractivity contribution in [2.75, 3.05) is 16.3 Å². The van der Waals surface area contributed by atoms with E-state index in [-0.39, 0.29) is 11.9 Å². The molecule has 0 saturated heterocycles. The van der Waals surface area contributed by atoms with Gasteiger partial charge in [0, 0.05) is 34.4 Å². The Labute approximate surface area is 169 Å². The molecule has 8 nitrogen and oxygen atoms in total. The second-order valence-electron chi connectivity index (χ2n) is 6.47. The van der Waals surface area contributed by atoms with Gasteiger partial charge in [0.05, 0.1) is 6.26 Å². The monoisotopic (exact) mass is 412 g/mol. The van der Waals surface area contributed by atoms with Crippen LogP contribution in [0.25, 0.3) is 0 Å². The first-order valence-electron chi connectivity index (χ1n) is 8.67. The molecular formula is C20H20N4O4S. The molecule has 1 aromatic heterocycles. The van der Waals surface area contributed by atoms with Crippen molar-refractivity contribution in [3.63, 3.8) is 0 Å². The van der Waals surface area contributed by atoms with E-state index in [0.29, 0.717) is 22.7 Å². The minimum Gasteiger partial charge on any atom is -0.424 e. The van der Waals surface area contributed by atoms with E-state index >= 15 is 0 Å². The second-order valence-corrected chi connectivity index (χ2v) is 8.22. The first kappa shape index (κ1) is 20.3. The molecular weight excluding hydrogens is 392 g/mol. The van der Waals surface area contributed by atoms with Crippen LogP contribution in [0.2, 0.25) is 0 Å². The highest BCUT2D eigenvalue weighted by Gasteiger charge is 2.09. The van der Waals surface area contributed by atoms with Crippen LogP contribution in [0, 0.1) is 13.8 Å². The number of hydrogen-bond acceptors (Lipinski definition) is 6. The normalized spacial score (nSPS) is 11.0. The van der Waals surface area contributed by atoms with E-state index in [2.05, 4.69) is 20.0 Å². The molecule has 0 aliphatic rings. The summed E-state index contributed by atoms with van der Waals surface area (Å²) in [6.07, 6.45) is 1.06. The maximum atomic E-state index is 12.5. The summed E-state index contributed by atoms with van der Waals surface area (Å²) in [6, 6.07) is 15.1. The van der Waals surface area contributed by atoms with E-state index in [1.165, 1.54) is 24.3 Å². The molecule has 1 heterocycles. The summed E-state index contributed by atoms with van der Waals surface area (Å²) in [7, 11) is -3.37. The van der Waals surface area contributed by atoms with Gasteiger partial charge in [0.2, 0.25) is 10.0 Å². The summed E-state index contributed by atoms with van der Waals surface area (Å²) in [6.45, 7) is 3.71. The highest BCUT2D eigenvalue weighted by Crippen LogP contribution is 2.23. The predicted octanol–water partition coefficient (Wildman–Crippen LogP) is 3.51. The van der Waals surface area contributed by atoms with Crippen molar-refractivity contribution >= 4 is 27.3 Å². The first-order chi connectivity index (χ1) is 13.7. The number of carbonyl (C=O) groups is 1. The van der Waals surface area contributed by atoms with E-state index in [1.807, 2.05) is 19.9 Å². The molecule has 0 aliphatic carbocycles. The zero-order valence-corrected chi connectivity index (χ0v) is 16.9. The van der Waals surface area contributed by atoms with Crippen molar-refractivity contribution in [3.05, 3.63) is 71.5 Å². The average molecular weight is 412 g/mol.